The van der Waals surface area contributed by atoms with Gasteiger partial charge in [-0.3, -0.25) is 0 Å². The maximum absolute atomic E-state index is 11.6. The Morgan fingerprint density at radius 1 is 1.39 bits per heavy atom. The SMILES string of the molecule is CNS(=O)(=O)c1ccc(CC(C)C)c(C(=O)O)c1. The van der Waals surface area contributed by atoms with Crippen molar-refractivity contribution >= 4 is 16.0 Å². The smallest absolute Gasteiger partial charge is 0.336 e. The average Bonchev–Trinajstić information content (AvgIpc) is 2.28. The van der Waals surface area contributed by atoms with Crippen molar-refractivity contribution in [2.75, 3.05) is 7.05 Å². The van der Waals surface area contributed by atoms with Crippen LogP contribution >= 0.6 is 0 Å². The molecule has 0 unspecified atom stereocenters. The van der Waals surface area contributed by atoms with E-state index in [-0.39, 0.29) is 10.5 Å². The quantitative estimate of drug-likeness (QED) is 0.850. The third-order valence-electron chi connectivity index (χ3n) is 2.52. The number of carbonyl (C=O) groups is 1. The molecule has 0 amide bonds. The van der Waals surface area contributed by atoms with Crippen LogP contribution in [0.3, 0.4) is 0 Å². The summed E-state index contributed by atoms with van der Waals surface area (Å²) in [6.07, 6.45) is 0.599. The van der Waals surface area contributed by atoms with E-state index in [2.05, 4.69) is 4.72 Å². The molecule has 0 heterocycles. The Morgan fingerprint density at radius 3 is 2.44 bits per heavy atom. The molecule has 0 aliphatic carbocycles. The fraction of sp³-hybridized carbons (Fsp3) is 0.417. The van der Waals surface area contributed by atoms with Gasteiger partial charge in [0.25, 0.3) is 0 Å². The number of carboxylic acids is 1. The van der Waals surface area contributed by atoms with Gasteiger partial charge in [0.15, 0.2) is 0 Å². The Morgan fingerprint density at radius 2 is 2.00 bits per heavy atom. The van der Waals surface area contributed by atoms with E-state index in [1.807, 2.05) is 13.8 Å². The van der Waals surface area contributed by atoms with E-state index in [9.17, 15) is 13.2 Å². The van der Waals surface area contributed by atoms with Crippen molar-refractivity contribution in [3.63, 3.8) is 0 Å². The minimum Gasteiger partial charge on any atom is -0.478 e. The van der Waals surface area contributed by atoms with Gasteiger partial charge in [-0.1, -0.05) is 19.9 Å². The van der Waals surface area contributed by atoms with E-state index in [1.54, 1.807) is 6.07 Å². The molecule has 0 spiro atoms. The zero-order valence-electron chi connectivity index (χ0n) is 10.6. The normalized spacial score (nSPS) is 11.8. The van der Waals surface area contributed by atoms with Gasteiger partial charge in [-0.2, -0.15) is 0 Å². The average molecular weight is 271 g/mol. The number of nitrogens with one attached hydrogen (secondary N) is 1. The Kier molecular flexibility index (Phi) is 4.48. The molecule has 0 fully saturated rings. The monoisotopic (exact) mass is 271 g/mol. The second kappa shape index (κ2) is 5.49. The lowest BCUT2D eigenvalue weighted by molar-refractivity contribution is 0.0695. The van der Waals surface area contributed by atoms with Gasteiger partial charge < -0.3 is 5.11 Å². The molecule has 0 saturated carbocycles. The van der Waals surface area contributed by atoms with Crippen LogP contribution in [0, 0.1) is 5.92 Å². The molecule has 1 aromatic carbocycles. The van der Waals surface area contributed by atoms with Crippen molar-refractivity contribution in [2.24, 2.45) is 5.92 Å². The summed E-state index contributed by atoms with van der Waals surface area (Å²) in [4.78, 5) is 11.1. The van der Waals surface area contributed by atoms with Crippen molar-refractivity contribution < 1.29 is 18.3 Å². The molecule has 2 N–H and O–H groups in total. The first-order chi connectivity index (χ1) is 8.27. The van der Waals surface area contributed by atoms with Crippen LogP contribution < -0.4 is 4.72 Å². The van der Waals surface area contributed by atoms with Crippen LogP contribution in [0.5, 0.6) is 0 Å². The van der Waals surface area contributed by atoms with Gasteiger partial charge in [-0.15, -0.1) is 0 Å². The van der Waals surface area contributed by atoms with Crippen LogP contribution in [-0.4, -0.2) is 26.5 Å². The van der Waals surface area contributed by atoms with E-state index >= 15 is 0 Å². The molecule has 100 valence electrons. The first-order valence-corrected chi connectivity index (χ1v) is 7.06. The molecule has 1 rings (SSSR count). The van der Waals surface area contributed by atoms with Crippen LogP contribution in [0.15, 0.2) is 23.1 Å². The van der Waals surface area contributed by atoms with Crippen LogP contribution in [-0.2, 0) is 16.4 Å². The van der Waals surface area contributed by atoms with Crippen molar-refractivity contribution in [3.05, 3.63) is 29.3 Å². The standard InChI is InChI=1S/C12H17NO4S/c1-8(2)6-9-4-5-10(18(16,17)13-3)7-11(9)12(14)15/h4-5,7-8,13H,6H2,1-3H3,(H,14,15). The summed E-state index contributed by atoms with van der Waals surface area (Å²) in [5.74, 6) is -0.811. The van der Waals surface area contributed by atoms with E-state index in [0.29, 0.717) is 17.9 Å². The van der Waals surface area contributed by atoms with E-state index in [1.165, 1.54) is 19.2 Å². The molecule has 6 heteroatoms. The van der Waals surface area contributed by atoms with Crippen molar-refractivity contribution in [1.29, 1.82) is 0 Å². The van der Waals surface area contributed by atoms with Crippen LogP contribution in [0.2, 0.25) is 0 Å². The molecule has 0 aliphatic heterocycles. The minimum absolute atomic E-state index is 0.0325. The van der Waals surface area contributed by atoms with Gasteiger partial charge in [0.2, 0.25) is 10.0 Å². The molecule has 0 saturated heterocycles. The van der Waals surface area contributed by atoms with Gasteiger partial charge >= 0.3 is 5.97 Å². The third kappa shape index (κ3) is 3.30. The number of benzene rings is 1. The molecule has 18 heavy (non-hydrogen) atoms. The van der Waals surface area contributed by atoms with Crippen LogP contribution in [0.25, 0.3) is 0 Å². The zero-order chi connectivity index (χ0) is 13.9. The molecule has 0 atom stereocenters. The first kappa shape index (κ1) is 14.7. The first-order valence-electron chi connectivity index (χ1n) is 5.57. The summed E-state index contributed by atoms with van der Waals surface area (Å²) in [7, 11) is -2.32. The molecular weight excluding hydrogens is 254 g/mol. The highest BCUT2D eigenvalue weighted by Crippen LogP contribution is 2.19. The predicted molar refractivity (Wildman–Crippen MR) is 68.2 cm³/mol. The summed E-state index contributed by atoms with van der Waals surface area (Å²) in [6.45, 7) is 3.95. The molecule has 0 aliphatic rings. The Labute approximate surface area is 107 Å². The molecule has 1 aromatic rings. The summed E-state index contributed by atoms with van der Waals surface area (Å²) in [5.41, 5.74) is 0.688. The van der Waals surface area contributed by atoms with Gasteiger partial charge in [0.05, 0.1) is 10.5 Å². The second-order valence-corrected chi connectivity index (χ2v) is 6.32. The number of hydrogen-bond acceptors (Lipinski definition) is 3. The molecule has 5 nitrogen and oxygen atoms in total. The minimum atomic E-state index is -3.61. The molecule has 0 bridgehead atoms. The lowest BCUT2D eigenvalue weighted by Crippen LogP contribution is -2.19. The fourth-order valence-electron chi connectivity index (χ4n) is 1.66. The summed E-state index contributed by atoms with van der Waals surface area (Å²) < 4.78 is 25.4. The van der Waals surface area contributed by atoms with Gasteiger partial charge in [-0.25, -0.2) is 17.9 Å². The van der Waals surface area contributed by atoms with Crippen molar-refractivity contribution in [3.8, 4) is 0 Å². The lowest BCUT2D eigenvalue weighted by Gasteiger charge is -2.10. The zero-order valence-corrected chi connectivity index (χ0v) is 11.4. The highest BCUT2D eigenvalue weighted by atomic mass is 32.2. The fourth-order valence-corrected chi connectivity index (χ4v) is 2.41. The summed E-state index contributed by atoms with van der Waals surface area (Å²) >= 11 is 0. The van der Waals surface area contributed by atoms with Crippen molar-refractivity contribution in [2.45, 2.75) is 25.2 Å². The van der Waals surface area contributed by atoms with E-state index < -0.39 is 16.0 Å². The Bertz CT molecular complexity index is 549. The van der Waals surface area contributed by atoms with Crippen molar-refractivity contribution in [1.82, 2.24) is 4.72 Å². The topological polar surface area (TPSA) is 83.5 Å². The molecule has 0 radical (unpaired) electrons. The summed E-state index contributed by atoms with van der Waals surface area (Å²) in [6, 6.07) is 4.19. The number of sulfonamides is 1. The number of rotatable bonds is 5. The van der Waals surface area contributed by atoms with Gasteiger partial charge in [-0.05, 0) is 37.1 Å². The molecule has 0 aromatic heterocycles. The van der Waals surface area contributed by atoms with E-state index in [0.717, 1.165) is 0 Å². The largest absolute Gasteiger partial charge is 0.478 e. The maximum atomic E-state index is 11.6. The number of hydrogen-bond donors (Lipinski definition) is 2. The lowest BCUT2D eigenvalue weighted by atomic mass is 9.98. The van der Waals surface area contributed by atoms with Crippen LogP contribution in [0.4, 0.5) is 0 Å². The number of carboxylic acid groups (broad SMARTS) is 1. The Hall–Kier alpha value is -1.40. The van der Waals surface area contributed by atoms with Crippen LogP contribution in [0.1, 0.15) is 29.8 Å². The van der Waals surface area contributed by atoms with Gasteiger partial charge in [0, 0.05) is 0 Å². The maximum Gasteiger partial charge on any atom is 0.336 e. The number of aromatic carboxylic acids is 1. The van der Waals surface area contributed by atoms with E-state index in [4.69, 9.17) is 5.11 Å². The van der Waals surface area contributed by atoms with Gasteiger partial charge in [0.1, 0.15) is 0 Å². The highest BCUT2D eigenvalue weighted by Gasteiger charge is 2.17. The highest BCUT2D eigenvalue weighted by molar-refractivity contribution is 7.89. The predicted octanol–water partition coefficient (Wildman–Crippen LogP) is 1.49. The molecular formula is C12H17NO4S. The summed E-state index contributed by atoms with van der Waals surface area (Å²) in [5, 5.41) is 9.13. The second-order valence-electron chi connectivity index (χ2n) is 4.43. The Balaban J connectivity index is 3.32. The third-order valence-corrected chi connectivity index (χ3v) is 3.93.